The number of halogens is 3. The van der Waals surface area contributed by atoms with Crippen LogP contribution in [0.1, 0.15) is 63.0 Å². The standard InChI is InChI=1S/C41H45F3N2O5/c1-3-21-46(22-11-10-15-28-13-6-4-7-14-28)23-20-39-31-18-12-19-35(39)50-37-36(39)30(25-33(31)46)34(48)26-40(37,51-27(2)47)45-38(49)32(41(42,43)44)24-29-16-8-5-9-17-29/h3-9,13-14,16-17,24,26,31,33,35,37H,1,10-12,15,18-23,25H2,2H3,(H-,45,48,49)/p+1/t31-,33+,35-,37?,39+,40?,46?/m0/s1. The molecular weight excluding hydrogens is 657 g/mol. The summed E-state index contributed by atoms with van der Waals surface area (Å²) in [5.74, 6) is -2.32. The Kier molecular flexibility index (Phi) is 9.29. The zero-order valence-electron chi connectivity index (χ0n) is 29.0. The van der Waals surface area contributed by atoms with Crippen LogP contribution in [-0.4, -0.2) is 71.3 Å². The Morgan fingerprint density at radius 3 is 2.51 bits per heavy atom. The highest BCUT2D eigenvalue weighted by Gasteiger charge is 2.72. The van der Waals surface area contributed by atoms with E-state index < -0.39 is 40.9 Å². The lowest BCUT2D eigenvalue weighted by atomic mass is 9.49. The lowest BCUT2D eigenvalue weighted by Gasteiger charge is -2.62. The second-order valence-corrected chi connectivity index (χ2v) is 14.9. The Morgan fingerprint density at radius 2 is 1.82 bits per heavy atom. The Labute approximate surface area is 297 Å². The molecule has 3 aliphatic carbocycles. The van der Waals surface area contributed by atoms with Crippen molar-refractivity contribution in [2.24, 2.45) is 11.3 Å². The van der Waals surface area contributed by atoms with E-state index in [4.69, 9.17) is 9.47 Å². The predicted molar refractivity (Wildman–Crippen MR) is 187 cm³/mol. The van der Waals surface area contributed by atoms with Crippen LogP contribution in [0.3, 0.4) is 0 Å². The number of likely N-dealkylation sites (tertiary alicyclic amines) is 1. The maximum atomic E-state index is 14.5. The number of allylic oxidation sites excluding steroid dienone is 1. The van der Waals surface area contributed by atoms with Crippen LogP contribution in [0, 0.1) is 11.3 Å². The highest BCUT2D eigenvalue weighted by Crippen LogP contribution is 2.68. The molecule has 1 spiro atoms. The van der Waals surface area contributed by atoms with Crippen molar-refractivity contribution < 1.29 is 41.8 Å². The number of aliphatic hydroxyl groups excluding tert-OH is 1. The minimum Gasteiger partial charge on any atom is -0.508 e. The first kappa shape index (κ1) is 35.3. The summed E-state index contributed by atoms with van der Waals surface area (Å²) in [6.07, 6.45) is 4.54. The van der Waals surface area contributed by atoms with Gasteiger partial charge in [0.25, 0.3) is 5.91 Å². The number of aryl methyl sites for hydroxylation is 1. The van der Waals surface area contributed by atoms with Crippen LogP contribution < -0.4 is 5.32 Å². The van der Waals surface area contributed by atoms with Crippen molar-refractivity contribution in [2.45, 2.75) is 88.4 Å². The lowest BCUT2D eigenvalue weighted by Crippen LogP contribution is -2.70. The second-order valence-electron chi connectivity index (χ2n) is 14.9. The van der Waals surface area contributed by atoms with Gasteiger partial charge in [0.1, 0.15) is 17.4 Å². The fraction of sp³-hybridized carbons (Fsp3) is 0.463. The lowest BCUT2D eigenvalue weighted by molar-refractivity contribution is -0.958. The molecule has 10 heteroatoms. The average molecular weight is 704 g/mol. The smallest absolute Gasteiger partial charge is 0.421 e. The van der Waals surface area contributed by atoms with Gasteiger partial charge in [0.2, 0.25) is 5.72 Å². The third-order valence-corrected chi connectivity index (χ3v) is 12.1. The molecule has 1 amide bonds. The Bertz CT molecular complexity index is 1770. The topological polar surface area (TPSA) is 84.9 Å². The highest BCUT2D eigenvalue weighted by atomic mass is 19.4. The van der Waals surface area contributed by atoms with Gasteiger partial charge in [-0.3, -0.25) is 9.59 Å². The van der Waals surface area contributed by atoms with E-state index in [1.165, 1.54) is 23.8 Å². The summed E-state index contributed by atoms with van der Waals surface area (Å²) in [5.41, 5.74) is -1.16. The van der Waals surface area contributed by atoms with Crippen molar-refractivity contribution in [3.8, 4) is 0 Å². The molecule has 0 radical (unpaired) electrons. The van der Waals surface area contributed by atoms with E-state index in [2.05, 4.69) is 36.2 Å². The molecule has 2 aromatic rings. The summed E-state index contributed by atoms with van der Waals surface area (Å²) in [6, 6.07) is 18.4. The van der Waals surface area contributed by atoms with E-state index >= 15 is 0 Å². The van der Waals surface area contributed by atoms with Crippen LogP contribution in [0.2, 0.25) is 0 Å². The van der Waals surface area contributed by atoms with Crippen LogP contribution in [0.5, 0.6) is 0 Å². The molecular formula is C41H46F3N2O5+. The van der Waals surface area contributed by atoms with Crippen molar-refractivity contribution in [1.29, 1.82) is 0 Å². The number of piperidine rings is 1. The SMILES string of the molecule is C=CC[N+]1(CCCCc2ccccc2)CC[C@@]23C4=C5C[C@@H]1[C@@H]2CCC[C@@H]3OC4C(NC(=O)C(=Cc1ccccc1)C(F)(F)F)(OC(C)=O)C=C5O. The summed E-state index contributed by atoms with van der Waals surface area (Å²) < 4.78 is 56.8. The number of carbonyl (C=O) groups is 2. The number of hydrogen-bond acceptors (Lipinski definition) is 5. The van der Waals surface area contributed by atoms with Crippen molar-refractivity contribution in [3.05, 3.63) is 113 Å². The molecule has 2 bridgehead atoms. The normalized spacial score (nSPS) is 32.5. The number of rotatable bonds is 11. The van der Waals surface area contributed by atoms with E-state index in [1.54, 1.807) is 18.2 Å². The maximum Gasteiger partial charge on any atom is 0.421 e. The Hall–Kier alpha value is -4.15. The van der Waals surface area contributed by atoms with Gasteiger partial charge in [-0.05, 0) is 61.0 Å². The van der Waals surface area contributed by atoms with Crippen LogP contribution in [0.4, 0.5) is 13.2 Å². The number of hydrogen-bond donors (Lipinski definition) is 2. The molecule has 270 valence electrons. The van der Waals surface area contributed by atoms with Crippen LogP contribution >= 0.6 is 0 Å². The second kappa shape index (κ2) is 13.4. The van der Waals surface area contributed by atoms with Crippen LogP contribution in [-0.2, 0) is 25.5 Å². The molecule has 2 aliphatic heterocycles. The number of nitrogens with one attached hydrogen (secondary N) is 1. The maximum absolute atomic E-state index is 14.5. The number of benzene rings is 2. The molecule has 1 saturated carbocycles. The first-order chi connectivity index (χ1) is 24.4. The van der Waals surface area contributed by atoms with Gasteiger partial charge in [-0.25, -0.2) is 0 Å². The molecule has 51 heavy (non-hydrogen) atoms. The monoisotopic (exact) mass is 703 g/mol. The molecule has 0 aromatic heterocycles. The minimum absolute atomic E-state index is 0.175. The Morgan fingerprint density at radius 1 is 1.10 bits per heavy atom. The fourth-order valence-corrected chi connectivity index (χ4v) is 10.2. The van der Waals surface area contributed by atoms with E-state index in [0.29, 0.717) is 12.0 Å². The number of quaternary nitrogens is 1. The summed E-state index contributed by atoms with van der Waals surface area (Å²) in [5, 5.41) is 14.3. The molecule has 3 unspecified atom stereocenters. The number of ether oxygens (including phenoxy) is 2. The van der Waals surface area contributed by atoms with Gasteiger partial charge in [0.05, 0.1) is 31.8 Å². The predicted octanol–water partition coefficient (Wildman–Crippen LogP) is 7.52. The number of aliphatic hydroxyl groups is 1. The summed E-state index contributed by atoms with van der Waals surface area (Å²) >= 11 is 0. The average Bonchev–Trinajstić information content (AvgIpc) is 3.43. The summed E-state index contributed by atoms with van der Waals surface area (Å²) in [6.45, 7) is 7.91. The number of unbranched alkanes of at least 4 members (excludes halogenated alkanes) is 1. The van der Waals surface area contributed by atoms with Gasteiger partial charge in [-0.15, -0.1) is 0 Å². The highest BCUT2D eigenvalue weighted by molar-refractivity contribution is 6.00. The van der Waals surface area contributed by atoms with Gasteiger partial charge < -0.3 is 24.4 Å². The van der Waals surface area contributed by atoms with Gasteiger partial charge in [0.15, 0.2) is 0 Å². The van der Waals surface area contributed by atoms with Crippen LogP contribution in [0.25, 0.3) is 6.08 Å². The van der Waals surface area contributed by atoms with Gasteiger partial charge in [-0.2, -0.15) is 13.2 Å². The van der Waals surface area contributed by atoms with Gasteiger partial charge >= 0.3 is 12.1 Å². The first-order valence-corrected chi connectivity index (χ1v) is 18.1. The van der Waals surface area contributed by atoms with Crippen LogP contribution in [0.15, 0.2) is 102 Å². The van der Waals surface area contributed by atoms with E-state index in [0.717, 1.165) is 87.6 Å². The zero-order valence-corrected chi connectivity index (χ0v) is 29.0. The molecule has 2 saturated heterocycles. The minimum atomic E-state index is -5.02. The number of amides is 1. The number of carbonyl (C=O) groups excluding carboxylic acids is 2. The molecule has 5 aliphatic rings. The van der Waals surface area contributed by atoms with Gasteiger partial charge in [0, 0.05) is 42.7 Å². The fourth-order valence-electron chi connectivity index (χ4n) is 10.2. The molecule has 7 atom stereocenters. The van der Waals surface area contributed by atoms with Crippen molar-refractivity contribution in [1.82, 2.24) is 5.32 Å². The first-order valence-electron chi connectivity index (χ1n) is 18.1. The third kappa shape index (κ3) is 6.14. The molecule has 3 fully saturated rings. The van der Waals surface area contributed by atoms with Crippen molar-refractivity contribution >= 4 is 18.0 Å². The molecule has 2 heterocycles. The number of nitrogens with zero attached hydrogens (tertiary/aromatic N) is 1. The molecule has 2 N–H and O–H groups in total. The largest absolute Gasteiger partial charge is 0.508 e. The third-order valence-electron chi connectivity index (χ3n) is 12.1. The van der Waals surface area contributed by atoms with Crippen molar-refractivity contribution in [2.75, 3.05) is 19.6 Å². The number of alkyl halides is 3. The quantitative estimate of drug-likeness (QED) is 0.0632. The Balaban J connectivity index is 1.24. The molecule has 2 aromatic carbocycles. The number of esters is 1. The van der Waals surface area contributed by atoms with Gasteiger partial charge in [-0.1, -0.05) is 73.7 Å². The summed E-state index contributed by atoms with van der Waals surface area (Å²) in [7, 11) is 0. The zero-order chi connectivity index (χ0) is 36.0. The van der Waals surface area contributed by atoms with E-state index in [-0.39, 0.29) is 29.4 Å². The molecule has 7 nitrogen and oxygen atoms in total. The van der Waals surface area contributed by atoms with E-state index in [9.17, 15) is 27.9 Å². The van der Waals surface area contributed by atoms with E-state index in [1.807, 2.05) is 12.1 Å². The van der Waals surface area contributed by atoms with Crippen molar-refractivity contribution in [3.63, 3.8) is 0 Å². The summed E-state index contributed by atoms with van der Waals surface area (Å²) in [4.78, 5) is 26.4. The molecule has 7 rings (SSSR count).